The van der Waals surface area contributed by atoms with Gasteiger partial charge in [-0.3, -0.25) is 0 Å². The van der Waals surface area contributed by atoms with Crippen LogP contribution >= 0.6 is 0 Å². The van der Waals surface area contributed by atoms with Crippen molar-refractivity contribution < 1.29 is 4.39 Å². The topological polar surface area (TPSA) is 12.0 Å². The fraction of sp³-hybridized carbons (Fsp3) is 0.625. The SMILES string of the molecule is CCCNCC(Cc1cccc(F)c1)C1CCC1. The van der Waals surface area contributed by atoms with Crippen LogP contribution in [-0.2, 0) is 6.42 Å². The molecule has 0 bridgehead atoms. The summed E-state index contributed by atoms with van der Waals surface area (Å²) in [7, 11) is 0. The molecule has 1 fully saturated rings. The van der Waals surface area contributed by atoms with Crippen LogP contribution in [0.2, 0.25) is 0 Å². The molecule has 0 radical (unpaired) electrons. The molecule has 2 rings (SSSR count). The van der Waals surface area contributed by atoms with E-state index in [1.807, 2.05) is 6.07 Å². The molecule has 0 amide bonds. The summed E-state index contributed by atoms with van der Waals surface area (Å²) in [5.74, 6) is 1.41. The standard InChI is InChI=1S/C16H24FN/c1-2-9-18-12-15(14-6-4-7-14)10-13-5-3-8-16(17)11-13/h3,5,8,11,14-15,18H,2,4,6-7,9-10,12H2,1H3. The third kappa shape index (κ3) is 3.81. The molecule has 1 saturated carbocycles. The first-order valence-corrected chi connectivity index (χ1v) is 7.24. The second-order valence-electron chi connectivity index (χ2n) is 5.49. The van der Waals surface area contributed by atoms with Gasteiger partial charge in [0.25, 0.3) is 0 Å². The highest BCUT2D eigenvalue weighted by atomic mass is 19.1. The van der Waals surface area contributed by atoms with E-state index in [0.717, 1.165) is 31.0 Å². The van der Waals surface area contributed by atoms with Crippen molar-refractivity contribution in [3.8, 4) is 0 Å². The molecule has 0 spiro atoms. The van der Waals surface area contributed by atoms with Crippen LogP contribution in [0.5, 0.6) is 0 Å². The Kier molecular flexibility index (Phi) is 5.18. The molecule has 0 saturated heterocycles. The molecule has 1 aliphatic rings. The second kappa shape index (κ2) is 6.89. The number of nitrogens with one attached hydrogen (secondary N) is 1. The van der Waals surface area contributed by atoms with Crippen LogP contribution in [0, 0.1) is 17.7 Å². The molecular formula is C16H24FN. The van der Waals surface area contributed by atoms with Crippen LogP contribution in [0.15, 0.2) is 24.3 Å². The van der Waals surface area contributed by atoms with Crippen LogP contribution in [0.4, 0.5) is 4.39 Å². The summed E-state index contributed by atoms with van der Waals surface area (Å²) in [6.07, 6.45) is 6.27. The Morgan fingerprint density at radius 3 is 2.83 bits per heavy atom. The number of hydrogen-bond donors (Lipinski definition) is 1. The van der Waals surface area contributed by atoms with E-state index < -0.39 is 0 Å². The maximum Gasteiger partial charge on any atom is 0.123 e. The molecule has 1 atom stereocenters. The Labute approximate surface area is 110 Å². The predicted molar refractivity (Wildman–Crippen MR) is 74.1 cm³/mol. The predicted octanol–water partition coefficient (Wildman–Crippen LogP) is 3.78. The summed E-state index contributed by atoms with van der Waals surface area (Å²) in [5, 5.41) is 3.53. The van der Waals surface area contributed by atoms with Crippen LogP contribution in [0.1, 0.15) is 38.2 Å². The summed E-state index contributed by atoms with van der Waals surface area (Å²) in [6.45, 7) is 4.36. The summed E-state index contributed by atoms with van der Waals surface area (Å²) in [4.78, 5) is 0. The molecule has 1 N–H and O–H groups in total. The Morgan fingerprint density at radius 2 is 2.22 bits per heavy atom. The van der Waals surface area contributed by atoms with Crippen LogP contribution in [-0.4, -0.2) is 13.1 Å². The van der Waals surface area contributed by atoms with E-state index in [1.54, 1.807) is 6.07 Å². The maximum atomic E-state index is 13.2. The monoisotopic (exact) mass is 249 g/mol. The Balaban J connectivity index is 1.91. The van der Waals surface area contributed by atoms with Crippen molar-refractivity contribution in [1.82, 2.24) is 5.32 Å². The van der Waals surface area contributed by atoms with Crippen LogP contribution in [0.25, 0.3) is 0 Å². The number of hydrogen-bond acceptors (Lipinski definition) is 1. The minimum absolute atomic E-state index is 0.110. The van der Waals surface area contributed by atoms with Gasteiger partial charge in [0.05, 0.1) is 0 Å². The third-order valence-corrected chi connectivity index (χ3v) is 4.04. The Morgan fingerprint density at radius 1 is 1.39 bits per heavy atom. The zero-order chi connectivity index (χ0) is 12.8. The molecule has 0 heterocycles. The smallest absolute Gasteiger partial charge is 0.123 e. The molecule has 1 aliphatic carbocycles. The average molecular weight is 249 g/mol. The molecule has 1 unspecified atom stereocenters. The van der Waals surface area contributed by atoms with Gasteiger partial charge in [0.15, 0.2) is 0 Å². The van der Waals surface area contributed by atoms with Crippen molar-refractivity contribution >= 4 is 0 Å². The van der Waals surface area contributed by atoms with Gasteiger partial charge in [-0.25, -0.2) is 4.39 Å². The first-order chi connectivity index (χ1) is 8.79. The van der Waals surface area contributed by atoms with Gasteiger partial charge in [0.2, 0.25) is 0 Å². The van der Waals surface area contributed by atoms with Crippen LogP contribution in [0.3, 0.4) is 0 Å². The van der Waals surface area contributed by atoms with E-state index in [0.29, 0.717) is 5.92 Å². The van der Waals surface area contributed by atoms with Crippen molar-refractivity contribution in [1.29, 1.82) is 0 Å². The minimum Gasteiger partial charge on any atom is -0.316 e. The normalized spacial score (nSPS) is 17.4. The van der Waals surface area contributed by atoms with Gasteiger partial charge in [0, 0.05) is 0 Å². The van der Waals surface area contributed by atoms with Crippen molar-refractivity contribution in [3.05, 3.63) is 35.6 Å². The molecule has 100 valence electrons. The Bertz CT molecular complexity index is 360. The molecule has 0 aromatic heterocycles. The fourth-order valence-corrected chi connectivity index (χ4v) is 2.75. The lowest BCUT2D eigenvalue weighted by Gasteiger charge is -2.34. The summed E-state index contributed by atoms with van der Waals surface area (Å²) in [6, 6.07) is 7.08. The van der Waals surface area contributed by atoms with Gasteiger partial charge < -0.3 is 5.32 Å². The quantitative estimate of drug-likeness (QED) is 0.725. The number of benzene rings is 1. The van der Waals surface area contributed by atoms with E-state index in [9.17, 15) is 4.39 Å². The van der Waals surface area contributed by atoms with Crippen molar-refractivity contribution in [3.63, 3.8) is 0 Å². The fourth-order valence-electron chi connectivity index (χ4n) is 2.75. The van der Waals surface area contributed by atoms with E-state index in [1.165, 1.54) is 31.7 Å². The molecular weight excluding hydrogens is 225 g/mol. The molecule has 2 heteroatoms. The molecule has 1 aromatic carbocycles. The lowest BCUT2D eigenvalue weighted by atomic mass is 9.73. The number of rotatable bonds is 7. The lowest BCUT2D eigenvalue weighted by Crippen LogP contribution is -2.33. The van der Waals surface area contributed by atoms with Crippen molar-refractivity contribution in [2.45, 2.75) is 39.0 Å². The highest BCUT2D eigenvalue weighted by Gasteiger charge is 2.26. The lowest BCUT2D eigenvalue weighted by molar-refractivity contribution is 0.200. The van der Waals surface area contributed by atoms with E-state index in [-0.39, 0.29) is 5.82 Å². The summed E-state index contributed by atoms with van der Waals surface area (Å²) < 4.78 is 13.2. The van der Waals surface area contributed by atoms with E-state index in [4.69, 9.17) is 0 Å². The first kappa shape index (κ1) is 13.5. The molecule has 1 aromatic rings. The maximum absolute atomic E-state index is 13.2. The molecule has 1 nitrogen and oxygen atoms in total. The van der Waals surface area contributed by atoms with Gasteiger partial charge in [0.1, 0.15) is 5.82 Å². The minimum atomic E-state index is -0.110. The van der Waals surface area contributed by atoms with Gasteiger partial charge in [-0.2, -0.15) is 0 Å². The highest BCUT2D eigenvalue weighted by Crippen LogP contribution is 2.35. The van der Waals surface area contributed by atoms with Crippen molar-refractivity contribution in [2.75, 3.05) is 13.1 Å². The van der Waals surface area contributed by atoms with Crippen LogP contribution < -0.4 is 5.32 Å². The van der Waals surface area contributed by atoms with Gasteiger partial charge in [-0.05, 0) is 55.5 Å². The van der Waals surface area contributed by atoms with Gasteiger partial charge in [-0.1, -0.05) is 38.3 Å². The van der Waals surface area contributed by atoms with Gasteiger partial charge >= 0.3 is 0 Å². The third-order valence-electron chi connectivity index (χ3n) is 4.04. The average Bonchev–Trinajstić information content (AvgIpc) is 2.27. The summed E-state index contributed by atoms with van der Waals surface area (Å²) in [5.41, 5.74) is 1.14. The zero-order valence-corrected chi connectivity index (χ0v) is 11.3. The number of halogens is 1. The summed E-state index contributed by atoms with van der Waals surface area (Å²) >= 11 is 0. The van der Waals surface area contributed by atoms with Gasteiger partial charge in [-0.15, -0.1) is 0 Å². The largest absolute Gasteiger partial charge is 0.316 e. The van der Waals surface area contributed by atoms with E-state index in [2.05, 4.69) is 18.3 Å². The zero-order valence-electron chi connectivity index (χ0n) is 11.3. The van der Waals surface area contributed by atoms with Crippen molar-refractivity contribution in [2.24, 2.45) is 11.8 Å². The Hall–Kier alpha value is -0.890. The first-order valence-electron chi connectivity index (χ1n) is 7.24. The molecule has 0 aliphatic heterocycles. The highest BCUT2D eigenvalue weighted by molar-refractivity contribution is 5.17. The van der Waals surface area contributed by atoms with E-state index >= 15 is 0 Å². The molecule has 18 heavy (non-hydrogen) atoms. The second-order valence-corrected chi connectivity index (χ2v) is 5.49.